The first-order chi connectivity index (χ1) is 7.95. The van der Waals surface area contributed by atoms with Gasteiger partial charge in [0, 0.05) is 0 Å². The molecule has 1 rings (SSSR count). The summed E-state index contributed by atoms with van der Waals surface area (Å²) in [6.07, 6.45) is 0. The van der Waals surface area contributed by atoms with E-state index in [1.165, 1.54) is 20.1 Å². The van der Waals surface area contributed by atoms with E-state index >= 15 is 0 Å². The Morgan fingerprint density at radius 1 is 1.59 bits per heavy atom. The van der Waals surface area contributed by atoms with Crippen molar-refractivity contribution < 1.29 is 18.8 Å². The Labute approximate surface area is 96.5 Å². The van der Waals surface area contributed by atoms with E-state index in [2.05, 4.69) is 10.1 Å². The lowest BCUT2D eigenvalue weighted by Gasteiger charge is -2.07. The Hall–Kier alpha value is -2.18. The molecule has 1 aromatic carbocycles. The van der Waals surface area contributed by atoms with Crippen LogP contribution in [0.25, 0.3) is 0 Å². The van der Waals surface area contributed by atoms with Crippen LogP contribution in [-0.2, 0) is 9.53 Å². The second-order valence-electron chi connectivity index (χ2n) is 3.31. The zero-order valence-electron chi connectivity index (χ0n) is 9.32. The van der Waals surface area contributed by atoms with Gasteiger partial charge in [0.25, 0.3) is 5.69 Å². The van der Waals surface area contributed by atoms with Gasteiger partial charge in [-0.25, -0.2) is 4.39 Å². The highest BCUT2D eigenvalue weighted by Crippen LogP contribution is 2.27. The topological polar surface area (TPSA) is 81.5 Å². The molecule has 0 atom stereocenters. The molecule has 0 aliphatic carbocycles. The van der Waals surface area contributed by atoms with Crippen LogP contribution in [0, 0.1) is 22.9 Å². The largest absolute Gasteiger partial charge is 0.468 e. The number of nitrogens with zero attached hydrogens (tertiary/aromatic N) is 1. The van der Waals surface area contributed by atoms with Gasteiger partial charge in [-0.3, -0.25) is 14.9 Å². The standard InChI is InChI=1S/C10H11FN2O4/c1-6-3-8(12-5-10(14)17-2)9(13(15)16)4-7(6)11/h3-4,12H,5H2,1-2H3. The zero-order valence-corrected chi connectivity index (χ0v) is 9.32. The minimum atomic E-state index is -0.720. The predicted octanol–water partition coefficient (Wildman–Crippen LogP) is 1.63. The van der Waals surface area contributed by atoms with Crippen LogP contribution >= 0.6 is 0 Å². The molecule has 0 saturated carbocycles. The van der Waals surface area contributed by atoms with Gasteiger partial charge in [-0.2, -0.15) is 0 Å². The summed E-state index contributed by atoms with van der Waals surface area (Å²) in [6.45, 7) is 1.25. The van der Waals surface area contributed by atoms with Crippen LogP contribution in [0.3, 0.4) is 0 Å². The number of carbonyl (C=O) groups excluding carboxylic acids is 1. The Morgan fingerprint density at radius 2 is 2.24 bits per heavy atom. The summed E-state index contributed by atoms with van der Waals surface area (Å²) in [5, 5.41) is 13.2. The molecule has 0 fully saturated rings. The molecule has 1 aromatic rings. The third-order valence-electron chi connectivity index (χ3n) is 2.12. The maximum Gasteiger partial charge on any atom is 0.325 e. The lowest BCUT2D eigenvalue weighted by atomic mass is 10.2. The molecule has 1 N–H and O–H groups in total. The molecule has 0 unspecified atom stereocenters. The highest BCUT2D eigenvalue weighted by molar-refractivity contribution is 5.76. The Balaban J connectivity index is 3.00. The van der Waals surface area contributed by atoms with Crippen LogP contribution in [0.2, 0.25) is 0 Å². The SMILES string of the molecule is COC(=O)CNc1cc(C)c(F)cc1[N+](=O)[O-]. The second kappa shape index (κ2) is 5.24. The van der Waals surface area contributed by atoms with Crippen LogP contribution < -0.4 is 5.32 Å². The fourth-order valence-corrected chi connectivity index (χ4v) is 1.20. The number of ether oxygens (including phenoxy) is 1. The van der Waals surface area contributed by atoms with Gasteiger partial charge >= 0.3 is 5.97 Å². The van der Waals surface area contributed by atoms with E-state index in [9.17, 15) is 19.3 Å². The number of carbonyl (C=O) groups is 1. The number of rotatable bonds is 4. The lowest BCUT2D eigenvalue weighted by molar-refractivity contribution is -0.384. The van der Waals surface area contributed by atoms with E-state index in [0.717, 1.165) is 6.07 Å². The molecule has 0 amide bonds. The maximum atomic E-state index is 13.2. The van der Waals surface area contributed by atoms with Gasteiger partial charge in [0.1, 0.15) is 18.0 Å². The van der Waals surface area contributed by atoms with Crippen molar-refractivity contribution in [3.05, 3.63) is 33.6 Å². The molecular formula is C10H11FN2O4. The summed E-state index contributed by atoms with van der Waals surface area (Å²) in [6, 6.07) is 2.09. The highest BCUT2D eigenvalue weighted by Gasteiger charge is 2.17. The van der Waals surface area contributed by atoms with Gasteiger partial charge in [0.15, 0.2) is 0 Å². The van der Waals surface area contributed by atoms with Gasteiger partial charge in [-0.1, -0.05) is 0 Å². The maximum absolute atomic E-state index is 13.2. The first-order valence-corrected chi connectivity index (χ1v) is 4.71. The monoisotopic (exact) mass is 242 g/mol. The molecule has 0 bridgehead atoms. The number of nitrogens with one attached hydrogen (secondary N) is 1. The van der Waals surface area contributed by atoms with E-state index < -0.39 is 22.4 Å². The molecule has 0 aliphatic heterocycles. The number of hydrogen-bond donors (Lipinski definition) is 1. The third-order valence-corrected chi connectivity index (χ3v) is 2.12. The van der Waals surface area contributed by atoms with Crippen molar-refractivity contribution in [1.29, 1.82) is 0 Å². The Bertz CT molecular complexity index is 462. The number of anilines is 1. The molecule has 92 valence electrons. The van der Waals surface area contributed by atoms with Crippen molar-refractivity contribution in [2.75, 3.05) is 19.0 Å². The number of benzene rings is 1. The van der Waals surface area contributed by atoms with Crippen LogP contribution in [0.1, 0.15) is 5.56 Å². The third kappa shape index (κ3) is 3.13. The van der Waals surface area contributed by atoms with Crippen molar-refractivity contribution in [2.45, 2.75) is 6.92 Å². The molecule has 7 heteroatoms. The molecule has 0 aromatic heterocycles. The summed E-state index contributed by atoms with van der Waals surface area (Å²) >= 11 is 0. The molecule has 0 saturated heterocycles. The minimum Gasteiger partial charge on any atom is -0.468 e. The summed E-state index contributed by atoms with van der Waals surface area (Å²) < 4.78 is 17.5. The normalized spacial score (nSPS) is 9.82. The first kappa shape index (κ1) is 12.9. The molecule has 0 heterocycles. The number of nitro benzene ring substituents is 1. The van der Waals surface area contributed by atoms with Gasteiger partial charge in [-0.15, -0.1) is 0 Å². The van der Waals surface area contributed by atoms with Crippen molar-refractivity contribution >= 4 is 17.3 Å². The Morgan fingerprint density at radius 3 is 2.76 bits per heavy atom. The van der Waals surface area contributed by atoms with E-state index in [4.69, 9.17) is 0 Å². The van der Waals surface area contributed by atoms with Crippen LogP contribution in [0.4, 0.5) is 15.8 Å². The number of aryl methyl sites for hydroxylation is 1. The number of hydrogen-bond acceptors (Lipinski definition) is 5. The minimum absolute atomic E-state index is 0.0827. The lowest BCUT2D eigenvalue weighted by Crippen LogP contribution is -2.16. The molecule has 0 radical (unpaired) electrons. The molecule has 6 nitrogen and oxygen atoms in total. The molecule has 17 heavy (non-hydrogen) atoms. The second-order valence-corrected chi connectivity index (χ2v) is 3.31. The van der Waals surface area contributed by atoms with Gasteiger partial charge in [-0.05, 0) is 18.6 Å². The molecule has 0 spiro atoms. The van der Waals surface area contributed by atoms with Crippen LogP contribution in [-0.4, -0.2) is 24.5 Å². The summed E-state index contributed by atoms with van der Waals surface area (Å²) in [4.78, 5) is 20.9. The summed E-state index contributed by atoms with van der Waals surface area (Å²) in [5.41, 5.74) is -0.0840. The predicted molar refractivity (Wildman–Crippen MR) is 58.3 cm³/mol. The number of nitro groups is 1. The van der Waals surface area contributed by atoms with Crippen LogP contribution in [0.5, 0.6) is 0 Å². The van der Waals surface area contributed by atoms with E-state index in [1.54, 1.807) is 0 Å². The fourth-order valence-electron chi connectivity index (χ4n) is 1.20. The van der Waals surface area contributed by atoms with E-state index in [-0.39, 0.29) is 17.8 Å². The summed E-state index contributed by atoms with van der Waals surface area (Å²) in [7, 11) is 1.20. The highest BCUT2D eigenvalue weighted by atomic mass is 19.1. The fraction of sp³-hybridized carbons (Fsp3) is 0.300. The smallest absolute Gasteiger partial charge is 0.325 e. The number of esters is 1. The first-order valence-electron chi connectivity index (χ1n) is 4.71. The number of halogens is 1. The van der Waals surface area contributed by atoms with Crippen LogP contribution in [0.15, 0.2) is 12.1 Å². The van der Waals surface area contributed by atoms with Crippen molar-refractivity contribution in [2.24, 2.45) is 0 Å². The zero-order chi connectivity index (χ0) is 13.0. The average molecular weight is 242 g/mol. The molecule has 0 aliphatic rings. The quantitative estimate of drug-likeness (QED) is 0.493. The van der Waals surface area contributed by atoms with Crippen molar-refractivity contribution in [1.82, 2.24) is 0 Å². The Kier molecular flexibility index (Phi) is 3.97. The van der Waals surface area contributed by atoms with Gasteiger partial charge in [0.05, 0.1) is 18.1 Å². The van der Waals surface area contributed by atoms with E-state index in [1.807, 2.05) is 0 Å². The van der Waals surface area contributed by atoms with E-state index in [0.29, 0.717) is 0 Å². The van der Waals surface area contributed by atoms with Crippen molar-refractivity contribution in [3.63, 3.8) is 0 Å². The summed E-state index contributed by atoms with van der Waals surface area (Å²) in [5.74, 6) is -1.23. The average Bonchev–Trinajstić information content (AvgIpc) is 2.29. The molecular weight excluding hydrogens is 231 g/mol. The van der Waals surface area contributed by atoms with Crippen molar-refractivity contribution in [3.8, 4) is 0 Å². The van der Waals surface area contributed by atoms with Gasteiger partial charge in [0.2, 0.25) is 0 Å². The number of methoxy groups -OCH3 is 1. The van der Waals surface area contributed by atoms with Gasteiger partial charge < -0.3 is 10.1 Å².